The first-order valence-electron chi connectivity index (χ1n) is 5.85. The van der Waals surface area contributed by atoms with Crippen LogP contribution in [0.5, 0.6) is 0 Å². The quantitative estimate of drug-likeness (QED) is 0.216. The van der Waals surface area contributed by atoms with E-state index in [0.29, 0.717) is 16.8 Å². The van der Waals surface area contributed by atoms with Gasteiger partial charge in [-0.3, -0.25) is 4.79 Å². The fourth-order valence-corrected chi connectivity index (χ4v) is 2.62. The van der Waals surface area contributed by atoms with Gasteiger partial charge in [0.05, 0.1) is 5.69 Å². The maximum atomic E-state index is 12.2. The van der Waals surface area contributed by atoms with E-state index >= 15 is 0 Å². The van der Waals surface area contributed by atoms with Crippen LogP contribution in [-0.4, -0.2) is 17.0 Å². The largest absolute Gasteiger partial charge is 0.409 e. The average molecular weight is 460 g/mol. The highest BCUT2D eigenvalue weighted by Crippen LogP contribution is 2.22. The molecular formula is C14H11BrIN3O2. The van der Waals surface area contributed by atoms with Crippen molar-refractivity contribution in [1.29, 1.82) is 0 Å². The molecule has 0 fully saturated rings. The Bertz CT molecular complexity index is 719. The third kappa shape index (κ3) is 3.94. The number of rotatable bonds is 3. The van der Waals surface area contributed by atoms with Crippen molar-refractivity contribution < 1.29 is 10.0 Å². The molecular weight excluding hydrogens is 449 g/mol. The van der Waals surface area contributed by atoms with Crippen LogP contribution in [0.4, 0.5) is 5.69 Å². The number of carbonyl (C=O) groups is 1. The molecule has 5 nitrogen and oxygen atoms in total. The van der Waals surface area contributed by atoms with Crippen LogP contribution in [0.1, 0.15) is 15.9 Å². The summed E-state index contributed by atoms with van der Waals surface area (Å²) in [5, 5.41) is 14.6. The smallest absolute Gasteiger partial charge is 0.255 e. The molecule has 0 heterocycles. The average Bonchev–Trinajstić information content (AvgIpc) is 2.48. The van der Waals surface area contributed by atoms with Crippen molar-refractivity contribution in [2.24, 2.45) is 10.9 Å². The predicted molar refractivity (Wildman–Crippen MR) is 93.8 cm³/mol. The molecule has 0 atom stereocenters. The SMILES string of the molecule is N/C(=N/O)c1cc(Br)ccc1NC(=O)c1cccc(I)c1. The van der Waals surface area contributed by atoms with E-state index < -0.39 is 0 Å². The summed E-state index contributed by atoms with van der Waals surface area (Å²) in [6, 6.07) is 12.3. The number of anilines is 1. The standard InChI is InChI=1S/C14H11BrIN3O2/c15-9-4-5-12(11(7-9)13(17)19-21)18-14(20)8-2-1-3-10(16)6-8/h1-7,21H,(H2,17,19)(H,18,20). The van der Waals surface area contributed by atoms with Gasteiger partial charge in [0.1, 0.15) is 0 Å². The summed E-state index contributed by atoms with van der Waals surface area (Å²) >= 11 is 5.45. The molecule has 0 aromatic heterocycles. The molecule has 0 aliphatic heterocycles. The molecule has 2 aromatic carbocycles. The molecule has 0 unspecified atom stereocenters. The zero-order chi connectivity index (χ0) is 15.4. The van der Waals surface area contributed by atoms with Gasteiger partial charge in [-0.05, 0) is 59.0 Å². The van der Waals surface area contributed by atoms with Crippen LogP contribution >= 0.6 is 38.5 Å². The van der Waals surface area contributed by atoms with Gasteiger partial charge in [-0.1, -0.05) is 27.2 Å². The number of nitrogens with two attached hydrogens (primary N) is 1. The first-order chi connectivity index (χ1) is 10.0. The maximum absolute atomic E-state index is 12.2. The fraction of sp³-hybridized carbons (Fsp3) is 0. The van der Waals surface area contributed by atoms with Crippen LogP contribution in [0.2, 0.25) is 0 Å². The van der Waals surface area contributed by atoms with E-state index in [1.807, 2.05) is 12.1 Å². The van der Waals surface area contributed by atoms with Crippen LogP contribution in [0.15, 0.2) is 52.1 Å². The van der Waals surface area contributed by atoms with Crippen molar-refractivity contribution >= 4 is 56.0 Å². The molecule has 0 bridgehead atoms. The lowest BCUT2D eigenvalue weighted by Gasteiger charge is -2.11. The van der Waals surface area contributed by atoms with Gasteiger partial charge in [0.2, 0.25) is 0 Å². The minimum atomic E-state index is -0.261. The predicted octanol–water partition coefficient (Wildman–Crippen LogP) is 3.40. The Balaban J connectivity index is 2.33. The fourth-order valence-electron chi connectivity index (χ4n) is 1.72. The van der Waals surface area contributed by atoms with Gasteiger partial charge in [-0.2, -0.15) is 0 Å². The second kappa shape index (κ2) is 6.90. The number of amides is 1. The lowest BCUT2D eigenvalue weighted by molar-refractivity contribution is 0.102. The lowest BCUT2D eigenvalue weighted by atomic mass is 10.1. The Labute approximate surface area is 143 Å². The summed E-state index contributed by atoms with van der Waals surface area (Å²) in [6.07, 6.45) is 0. The third-order valence-electron chi connectivity index (χ3n) is 2.70. The molecule has 108 valence electrons. The number of carbonyl (C=O) groups excluding carboxylic acids is 1. The van der Waals surface area contributed by atoms with Gasteiger partial charge in [-0.15, -0.1) is 0 Å². The zero-order valence-electron chi connectivity index (χ0n) is 10.7. The number of hydrogen-bond acceptors (Lipinski definition) is 3. The van der Waals surface area contributed by atoms with E-state index in [0.717, 1.165) is 8.04 Å². The minimum Gasteiger partial charge on any atom is -0.409 e. The molecule has 0 spiro atoms. The number of amidine groups is 1. The molecule has 2 aromatic rings. The van der Waals surface area contributed by atoms with E-state index in [-0.39, 0.29) is 11.7 Å². The molecule has 21 heavy (non-hydrogen) atoms. The van der Waals surface area contributed by atoms with E-state index in [9.17, 15) is 4.79 Å². The molecule has 0 saturated carbocycles. The van der Waals surface area contributed by atoms with Crippen molar-refractivity contribution in [2.45, 2.75) is 0 Å². The van der Waals surface area contributed by atoms with Crippen molar-refractivity contribution in [1.82, 2.24) is 0 Å². The van der Waals surface area contributed by atoms with Gasteiger partial charge < -0.3 is 16.3 Å². The summed E-state index contributed by atoms with van der Waals surface area (Å²) in [6.45, 7) is 0. The second-order valence-electron chi connectivity index (χ2n) is 4.14. The van der Waals surface area contributed by atoms with Gasteiger partial charge in [0, 0.05) is 19.2 Å². The number of halogens is 2. The maximum Gasteiger partial charge on any atom is 0.255 e. The van der Waals surface area contributed by atoms with Gasteiger partial charge >= 0.3 is 0 Å². The zero-order valence-corrected chi connectivity index (χ0v) is 14.4. The monoisotopic (exact) mass is 459 g/mol. The van der Waals surface area contributed by atoms with Crippen LogP contribution in [0.25, 0.3) is 0 Å². The van der Waals surface area contributed by atoms with Crippen LogP contribution < -0.4 is 11.1 Å². The first kappa shape index (κ1) is 15.8. The molecule has 7 heteroatoms. The van der Waals surface area contributed by atoms with E-state index in [2.05, 4.69) is 49.0 Å². The number of oxime groups is 1. The summed E-state index contributed by atoms with van der Waals surface area (Å²) < 4.78 is 1.73. The highest BCUT2D eigenvalue weighted by Gasteiger charge is 2.12. The van der Waals surface area contributed by atoms with E-state index in [1.54, 1.807) is 30.3 Å². The van der Waals surface area contributed by atoms with Crippen LogP contribution in [0, 0.1) is 3.57 Å². The molecule has 0 aliphatic carbocycles. The number of benzene rings is 2. The summed E-state index contributed by atoms with van der Waals surface area (Å²) in [4.78, 5) is 12.2. The van der Waals surface area contributed by atoms with Crippen LogP contribution in [0.3, 0.4) is 0 Å². The topological polar surface area (TPSA) is 87.7 Å². The summed E-state index contributed by atoms with van der Waals surface area (Å²) in [5.41, 5.74) is 7.07. The highest BCUT2D eigenvalue weighted by molar-refractivity contribution is 14.1. The van der Waals surface area contributed by atoms with Gasteiger partial charge in [0.15, 0.2) is 5.84 Å². The minimum absolute atomic E-state index is 0.0748. The second-order valence-corrected chi connectivity index (χ2v) is 6.30. The normalized spacial score (nSPS) is 11.2. The Morgan fingerprint density at radius 2 is 2.05 bits per heavy atom. The molecule has 0 radical (unpaired) electrons. The van der Waals surface area contributed by atoms with Crippen molar-refractivity contribution in [3.8, 4) is 0 Å². The van der Waals surface area contributed by atoms with Gasteiger partial charge in [-0.25, -0.2) is 0 Å². The Morgan fingerprint density at radius 1 is 1.29 bits per heavy atom. The first-order valence-corrected chi connectivity index (χ1v) is 7.73. The molecule has 1 amide bonds. The van der Waals surface area contributed by atoms with E-state index in [4.69, 9.17) is 10.9 Å². The van der Waals surface area contributed by atoms with Gasteiger partial charge in [0.25, 0.3) is 5.91 Å². The Hall–Kier alpha value is -1.61. The Kier molecular flexibility index (Phi) is 5.18. The number of nitrogens with one attached hydrogen (secondary N) is 1. The number of hydrogen-bond donors (Lipinski definition) is 3. The molecule has 0 aliphatic rings. The highest BCUT2D eigenvalue weighted by atomic mass is 127. The van der Waals surface area contributed by atoms with Crippen LogP contribution in [-0.2, 0) is 0 Å². The lowest BCUT2D eigenvalue weighted by Crippen LogP contribution is -2.19. The molecule has 0 saturated heterocycles. The summed E-state index contributed by atoms with van der Waals surface area (Å²) in [7, 11) is 0. The van der Waals surface area contributed by atoms with Crippen molar-refractivity contribution in [2.75, 3.05) is 5.32 Å². The number of nitrogens with zero attached hydrogens (tertiary/aromatic N) is 1. The van der Waals surface area contributed by atoms with Crippen molar-refractivity contribution in [3.05, 3.63) is 61.6 Å². The third-order valence-corrected chi connectivity index (χ3v) is 3.86. The molecule has 2 rings (SSSR count). The van der Waals surface area contributed by atoms with E-state index in [1.165, 1.54) is 0 Å². The molecule has 4 N–H and O–H groups in total. The van der Waals surface area contributed by atoms with Crippen molar-refractivity contribution in [3.63, 3.8) is 0 Å². The summed E-state index contributed by atoms with van der Waals surface area (Å²) in [5.74, 6) is -0.336. The Morgan fingerprint density at radius 3 is 2.71 bits per heavy atom.